The van der Waals surface area contributed by atoms with Crippen molar-refractivity contribution in [2.75, 3.05) is 11.9 Å². The third-order valence-electron chi connectivity index (χ3n) is 1.76. The summed E-state index contributed by atoms with van der Waals surface area (Å²) < 4.78 is 4.69. The Hall–Kier alpha value is 0.0500. The van der Waals surface area contributed by atoms with Crippen LogP contribution < -0.4 is 4.74 Å². The van der Waals surface area contributed by atoms with E-state index in [0.29, 0.717) is 21.1 Å². The Bertz CT molecular complexity index is 422. The van der Waals surface area contributed by atoms with Gasteiger partial charge in [0.05, 0.1) is 11.1 Å². The number of halogens is 4. The quantitative estimate of drug-likeness (QED) is 0.716. The molecule has 0 aliphatic rings. The minimum atomic E-state index is -0.754. The molecule has 0 amide bonds. The highest BCUT2D eigenvalue weighted by Gasteiger charge is 2.26. The lowest BCUT2D eigenvalue weighted by molar-refractivity contribution is 0.306. The molecule has 1 unspecified atom stereocenters. The summed E-state index contributed by atoms with van der Waals surface area (Å²) >= 11 is 18.2. The summed E-state index contributed by atoms with van der Waals surface area (Å²) in [6.45, 7) is 0.191. The van der Waals surface area contributed by atoms with E-state index in [0.717, 1.165) is 0 Å². The first-order valence-corrected chi connectivity index (χ1v) is 6.92. The molecule has 2 nitrogen and oxygen atoms in total. The highest BCUT2D eigenvalue weighted by atomic mass is 79.9. The number of alkyl halides is 2. The SMILES string of the molecule is N#CC(Br)(CBr)COc1ccc(Cl)cc1Cl. The van der Waals surface area contributed by atoms with Gasteiger partial charge in [0.15, 0.2) is 4.32 Å². The molecule has 0 saturated carbocycles. The third-order valence-corrected chi connectivity index (χ3v) is 4.69. The zero-order valence-corrected chi connectivity index (χ0v) is 12.7. The molecule has 0 spiro atoms. The molecule has 1 aromatic rings. The van der Waals surface area contributed by atoms with Crippen LogP contribution in [0, 0.1) is 11.3 Å². The van der Waals surface area contributed by atoms with Crippen LogP contribution in [0.15, 0.2) is 18.2 Å². The molecule has 0 bridgehead atoms. The van der Waals surface area contributed by atoms with E-state index >= 15 is 0 Å². The normalized spacial score (nSPS) is 13.9. The van der Waals surface area contributed by atoms with Crippen LogP contribution in [0.4, 0.5) is 0 Å². The van der Waals surface area contributed by atoms with Crippen LogP contribution in [0.2, 0.25) is 10.0 Å². The van der Waals surface area contributed by atoms with Gasteiger partial charge in [-0.2, -0.15) is 5.26 Å². The second-order valence-electron chi connectivity index (χ2n) is 3.07. The fourth-order valence-corrected chi connectivity index (χ4v) is 1.75. The zero-order valence-electron chi connectivity index (χ0n) is 8.01. The minimum absolute atomic E-state index is 0.191. The molecule has 6 heteroatoms. The number of hydrogen-bond donors (Lipinski definition) is 0. The largest absolute Gasteiger partial charge is 0.489 e. The molecule has 86 valence electrons. The molecule has 16 heavy (non-hydrogen) atoms. The second kappa shape index (κ2) is 6.11. The summed E-state index contributed by atoms with van der Waals surface area (Å²) in [4.78, 5) is 0. The van der Waals surface area contributed by atoms with E-state index in [-0.39, 0.29) is 6.61 Å². The molecule has 0 heterocycles. The summed E-state index contributed by atoms with van der Waals surface area (Å²) in [5, 5.41) is 10.3. The van der Waals surface area contributed by atoms with E-state index in [1.54, 1.807) is 18.2 Å². The van der Waals surface area contributed by atoms with E-state index in [1.165, 1.54) is 0 Å². The van der Waals surface area contributed by atoms with Gasteiger partial charge in [-0.25, -0.2) is 0 Å². The molecular weight excluding hydrogens is 381 g/mol. The number of hydrogen-bond acceptors (Lipinski definition) is 2. The summed E-state index contributed by atoms with van der Waals surface area (Å²) in [6.07, 6.45) is 0. The lowest BCUT2D eigenvalue weighted by Crippen LogP contribution is -2.29. The van der Waals surface area contributed by atoms with Crippen LogP contribution in [-0.4, -0.2) is 16.3 Å². The van der Waals surface area contributed by atoms with Crippen LogP contribution in [0.5, 0.6) is 5.75 Å². The Labute approximate surface area is 121 Å². The molecule has 1 rings (SSSR count). The van der Waals surface area contributed by atoms with E-state index in [9.17, 15) is 0 Å². The molecule has 1 atom stereocenters. The average molecular weight is 388 g/mol. The first-order chi connectivity index (χ1) is 7.50. The first kappa shape index (κ1) is 14.1. The maximum Gasteiger partial charge on any atom is 0.155 e. The zero-order chi connectivity index (χ0) is 12.2. The smallest absolute Gasteiger partial charge is 0.155 e. The number of rotatable bonds is 4. The van der Waals surface area contributed by atoms with Crippen molar-refractivity contribution in [3.8, 4) is 11.8 Å². The Balaban J connectivity index is 2.72. The van der Waals surface area contributed by atoms with Gasteiger partial charge >= 0.3 is 0 Å². The van der Waals surface area contributed by atoms with Gasteiger partial charge in [0.1, 0.15) is 12.4 Å². The van der Waals surface area contributed by atoms with Gasteiger partial charge < -0.3 is 4.74 Å². The molecule has 0 aromatic heterocycles. The predicted octanol–water partition coefficient (Wildman–Crippen LogP) is 4.42. The Morgan fingerprint density at radius 3 is 2.62 bits per heavy atom. The third kappa shape index (κ3) is 3.81. The monoisotopic (exact) mass is 385 g/mol. The van der Waals surface area contributed by atoms with Crippen molar-refractivity contribution in [1.82, 2.24) is 0 Å². The van der Waals surface area contributed by atoms with Crippen molar-refractivity contribution in [2.45, 2.75) is 4.32 Å². The van der Waals surface area contributed by atoms with Gasteiger partial charge in [-0.3, -0.25) is 0 Å². The molecule has 0 radical (unpaired) electrons. The summed E-state index contributed by atoms with van der Waals surface area (Å²) in [5.41, 5.74) is 0. The van der Waals surface area contributed by atoms with E-state index in [4.69, 9.17) is 33.2 Å². The Morgan fingerprint density at radius 1 is 1.44 bits per heavy atom. The van der Waals surface area contributed by atoms with Crippen LogP contribution in [0.25, 0.3) is 0 Å². The highest BCUT2D eigenvalue weighted by Crippen LogP contribution is 2.29. The van der Waals surface area contributed by atoms with Crippen molar-refractivity contribution in [1.29, 1.82) is 5.26 Å². The number of ether oxygens (including phenoxy) is 1. The molecule has 0 N–H and O–H groups in total. The molecular formula is C10H7Br2Cl2NO. The van der Waals surface area contributed by atoms with Crippen LogP contribution >= 0.6 is 55.1 Å². The van der Waals surface area contributed by atoms with Gasteiger partial charge in [0, 0.05) is 10.4 Å². The fraction of sp³-hybridized carbons (Fsp3) is 0.300. The van der Waals surface area contributed by atoms with Gasteiger partial charge in [0.25, 0.3) is 0 Å². The summed E-state index contributed by atoms with van der Waals surface area (Å²) in [5.74, 6) is 0.506. The molecule has 0 saturated heterocycles. The van der Waals surface area contributed by atoms with Crippen LogP contribution in [0.1, 0.15) is 0 Å². The second-order valence-corrected chi connectivity index (χ2v) is 6.00. The number of nitrogens with zero attached hydrogens (tertiary/aromatic N) is 1. The predicted molar refractivity (Wildman–Crippen MR) is 73.0 cm³/mol. The Morgan fingerprint density at radius 2 is 2.12 bits per heavy atom. The fourth-order valence-electron chi connectivity index (χ4n) is 0.885. The lowest BCUT2D eigenvalue weighted by Gasteiger charge is -2.17. The topological polar surface area (TPSA) is 33.0 Å². The Kier molecular flexibility index (Phi) is 5.39. The van der Waals surface area contributed by atoms with Gasteiger partial charge in [-0.15, -0.1) is 0 Å². The van der Waals surface area contributed by atoms with Gasteiger partial charge in [0.2, 0.25) is 0 Å². The number of nitriles is 1. The molecule has 0 fully saturated rings. The lowest BCUT2D eigenvalue weighted by atomic mass is 10.2. The maximum atomic E-state index is 8.92. The number of benzene rings is 1. The van der Waals surface area contributed by atoms with Gasteiger partial charge in [-0.05, 0) is 18.2 Å². The van der Waals surface area contributed by atoms with E-state index in [2.05, 4.69) is 37.9 Å². The highest BCUT2D eigenvalue weighted by molar-refractivity contribution is 9.12. The minimum Gasteiger partial charge on any atom is -0.489 e. The maximum absolute atomic E-state index is 8.92. The van der Waals surface area contributed by atoms with Crippen molar-refractivity contribution < 1.29 is 4.74 Å². The summed E-state index contributed by atoms with van der Waals surface area (Å²) in [6, 6.07) is 7.05. The summed E-state index contributed by atoms with van der Waals surface area (Å²) in [7, 11) is 0. The van der Waals surface area contributed by atoms with Crippen LogP contribution in [-0.2, 0) is 0 Å². The standard InChI is InChI=1S/C10H7Br2Cl2NO/c11-4-10(12,5-15)6-16-9-2-1-7(13)3-8(9)14/h1-3H,4,6H2. The van der Waals surface area contributed by atoms with E-state index < -0.39 is 4.32 Å². The van der Waals surface area contributed by atoms with Crippen molar-refractivity contribution in [3.05, 3.63) is 28.2 Å². The van der Waals surface area contributed by atoms with Crippen molar-refractivity contribution in [2.24, 2.45) is 0 Å². The first-order valence-electron chi connectivity index (χ1n) is 4.25. The molecule has 0 aliphatic heterocycles. The van der Waals surface area contributed by atoms with Crippen molar-refractivity contribution >= 4 is 55.1 Å². The van der Waals surface area contributed by atoms with Crippen LogP contribution in [0.3, 0.4) is 0 Å². The average Bonchev–Trinajstić information content (AvgIpc) is 2.27. The van der Waals surface area contributed by atoms with E-state index in [1.807, 2.05) is 0 Å². The van der Waals surface area contributed by atoms with Crippen molar-refractivity contribution in [3.63, 3.8) is 0 Å². The molecule has 0 aliphatic carbocycles. The van der Waals surface area contributed by atoms with Gasteiger partial charge in [-0.1, -0.05) is 55.1 Å². The molecule has 1 aromatic carbocycles.